The molecule has 0 saturated carbocycles. The van der Waals surface area contributed by atoms with E-state index in [0.717, 1.165) is 11.3 Å². The Balaban J connectivity index is 2.25. The third kappa shape index (κ3) is 4.22. The Morgan fingerprint density at radius 2 is 2.10 bits per heavy atom. The van der Waals surface area contributed by atoms with Crippen molar-refractivity contribution < 1.29 is 4.79 Å². The van der Waals surface area contributed by atoms with E-state index in [1.54, 1.807) is 18.3 Å². The van der Waals surface area contributed by atoms with Gasteiger partial charge in [0.1, 0.15) is 5.03 Å². The highest BCUT2D eigenvalue weighted by molar-refractivity contribution is 7.99. The van der Waals surface area contributed by atoms with Crippen LogP contribution in [0.15, 0.2) is 52.5 Å². The highest BCUT2D eigenvalue weighted by Crippen LogP contribution is 2.33. The van der Waals surface area contributed by atoms with Crippen LogP contribution in [0.25, 0.3) is 0 Å². The first-order valence-electron chi connectivity index (χ1n) is 6.80. The van der Waals surface area contributed by atoms with E-state index in [0.29, 0.717) is 15.6 Å². The zero-order chi connectivity index (χ0) is 15.2. The molecule has 1 aromatic heterocycles. The highest BCUT2D eigenvalue weighted by atomic mass is 35.5. The van der Waals surface area contributed by atoms with E-state index in [4.69, 9.17) is 11.6 Å². The zero-order valence-corrected chi connectivity index (χ0v) is 13.5. The molecule has 21 heavy (non-hydrogen) atoms. The van der Waals surface area contributed by atoms with Crippen LogP contribution in [-0.4, -0.2) is 16.9 Å². The van der Waals surface area contributed by atoms with E-state index in [1.165, 1.54) is 11.8 Å². The molecule has 110 valence electrons. The van der Waals surface area contributed by atoms with Crippen molar-refractivity contribution in [3.8, 4) is 0 Å². The monoisotopic (exact) mass is 320 g/mol. The second-order valence-electron chi connectivity index (χ2n) is 4.67. The Hall–Kier alpha value is -1.52. The number of pyridine rings is 1. The van der Waals surface area contributed by atoms with E-state index < -0.39 is 0 Å². The summed E-state index contributed by atoms with van der Waals surface area (Å²) in [6.45, 7) is 4.02. The fraction of sp³-hybridized carbons (Fsp3) is 0.250. The van der Waals surface area contributed by atoms with Crippen LogP contribution in [-0.2, 0) is 0 Å². The molecule has 1 N–H and O–H groups in total. The molecule has 1 unspecified atom stereocenters. The number of aromatic nitrogens is 1. The molecule has 0 saturated heterocycles. The lowest BCUT2D eigenvalue weighted by Gasteiger charge is -2.13. The number of hydrogen-bond acceptors (Lipinski definition) is 3. The van der Waals surface area contributed by atoms with Gasteiger partial charge in [0.05, 0.1) is 10.6 Å². The van der Waals surface area contributed by atoms with Gasteiger partial charge in [0.2, 0.25) is 0 Å². The van der Waals surface area contributed by atoms with Gasteiger partial charge in [-0.3, -0.25) is 4.79 Å². The predicted octanol–water partition coefficient (Wildman–Crippen LogP) is 4.41. The van der Waals surface area contributed by atoms with E-state index in [1.807, 2.05) is 38.1 Å². The number of nitrogens with one attached hydrogen (secondary N) is 1. The van der Waals surface area contributed by atoms with Gasteiger partial charge in [-0.15, -0.1) is 0 Å². The maximum Gasteiger partial charge on any atom is 0.254 e. The summed E-state index contributed by atoms with van der Waals surface area (Å²) in [5, 5.41) is 4.27. The van der Waals surface area contributed by atoms with Crippen molar-refractivity contribution in [1.29, 1.82) is 0 Å². The largest absolute Gasteiger partial charge is 0.350 e. The van der Waals surface area contributed by atoms with Gasteiger partial charge < -0.3 is 5.32 Å². The van der Waals surface area contributed by atoms with E-state index in [-0.39, 0.29) is 11.9 Å². The minimum atomic E-state index is -0.105. The molecule has 1 heterocycles. The first kappa shape index (κ1) is 15.9. The summed E-state index contributed by atoms with van der Waals surface area (Å²) in [6, 6.07) is 11.2. The molecule has 0 radical (unpaired) electrons. The van der Waals surface area contributed by atoms with E-state index >= 15 is 0 Å². The lowest BCUT2D eigenvalue weighted by molar-refractivity contribution is 0.0935. The Kier molecular flexibility index (Phi) is 5.65. The molecule has 2 rings (SSSR count). The molecule has 1 atom stereocenters. The second-order valence-corrected chi connectivity index (χ2v) is 6.11. The maximum atomic E-state index is 12.3. The third-order valence-electron chi connectivity index (χ3n) is 3.05. The fourth-order valence-corrected chi connectivity index (χ4v) is 2.84. The molecular formula is C16H17ClN2OS. The van der Waals surface area contributed by atoms with Crippen molar-refractivity contribution in [2.45, 2.75) is 36.2 Å². The maximum absolute atomic E-state index is 12.3. The quantitative estimate of drug-likeness (QED) is 0.887. The lowest BCUT2D eigenvalue weighted by atomic mass is 10.2. The molecule has 1 amide bonds. The first-order chi connectivity index (χ1) is 10.1. The predicted molar refractivity (Wildman–Crippen MR) is 87.0 cm³/mol. The van der Waals surface area contributed by atoms with Gasteiger partial charge in [-0.2, -0.15) is 0 Å². The normalized spacial score (nSPS) is 12.0. The summed E-state index contributed by atoms with van der Waals surface area (Å²) >= 11 is 7.56. The van der Waals surface area contributed by atoms with Crippen LogP contribution >= 0.6 is 23.4 Å². The Morgan fingerprint density at radius 1 is 1.33 bits per heavy atom. The number of carbonyl (C=O) groups is 1. The number of hydrogen-bond donors (Lipinski definition) is 1. The third-order valence-corrected chi connectivity index (χ3v) is 4.59. The van der Waals surface area contributed by atoms with Crippen molar-refractivity contribution in [1.82, 2.24) is 10.3 Å². The smallest absolute Gasteiger partial charge is 0.254 e. The van der Waals surface area contributed by atoms with Crippen LogP contribution in [0, 0.1) is 0 Å². The molecule has 0 bridgehead atoms. The number of amides is 1. The molecule has 1 aromatic carbocycles. The minimum Gasteiger partial charge on any atom is -0.350 e. The Bertz CT molecular complexity index is 633. The minimum absolute atomic E-state index is 0.105. The van der Waals surface area contributed by atoms with Gasteiger partial charge in [0, 0.05) is 17.1 Å². The van der Waals surface area contributed by atoms with Gasteiger partial charge in [0.25, 0.3) is 5.91 Å². The van der Waals surface area contributed by atoms with Crippen LogP contribution in [0.4, 0.5) is 0 Å². The average Bonchev–Trinajstić information content (AvgIpc) is 2.50. The van der Waals surface area contributed by atoms with Crippen LogP contribution in [0.1, 0.15) is 30.6 Å². The number of rotatable bonds is 5. The van der Waals surface area contributed by atoms with Gasteiger partial charge in [-0.1, -0.05) is 42.4 Å². The van der Waals surface area contributed by atoms with Gasteiger partial charge in [-0.05, 0) is 37.6 Å². The molecule has 0 aliphatic heterocycles. The van der Waals surface area contributed by atoms with Gasteiger partial charge in [-0.25, -0.2) is 4.98 Å². The lowest BCUT2D eigenvalue weighted by Crippen LogP contribution is -2.32. The van der Waals surface area contributed by atoms with Crippen molar-refractivity contribution >= 4 is 29.3 Å². The molecule has 0 fully saturated rings. The van der Waals surface area contributed by atoms with E-state index in [2.05, 4.69) is 10.3 Å². The molecule has 5 heteroatoms. The van der Waals surface area contributed by atoms with Gasteiger partial charge >= 0.3 is 0 Å². The van der Waals surface area contributed by atoms with Crippen molar-refractivity contribution in [3.63, 3.8) is 0 Å². The highest BCUT2D eigenvalue weighted by Gasteiger charge is 2.15. The summed E-state index contributed by atoms with van der Waals surface area (Å²) in [4.78, 5) is 17.5. The summed E-state index contributed by atoms with van der Waals surface area (Å²) in [5.74, 6) is -0.105. The topological polar surface area (TPSA) is 42.0 Å². The van der Waals surface area contributed by atoms with Crippen molar-refractivity contribution in [2.24, 2.45) is 0 Å². The Labute approximate surface area is 134 Å². The number of carbonyl (C=O) groups excluding carboxylic acids is 1. The summed E-state index contributed by atoms with van der Waals surface area (Å²) in [6.07, 6.45) is 2.57. The Morgan fingerprint density at radius 3 is 2.81 bits per heavy atom. The number of benzene rings is 1. The van der Waals surface area contributed by atoms with E-state index in [9.17, 15) is 4.79 Å². The van der Waals surface area contributed by atoms with Crippen molar-refractivity contribution in [2.75, 3.05) is 0 Å². The van der Waals surface area contributed by atoms with Crippen molar-refractivity contribution in [3.05, 3.63) is 53.2 Å². The molecule has 3 nitrogen and oxygen atoms in total. The molecule has 2 aromatic rings. The van der Waals surface area contributed by atoms with Crippen LogP contribution < -0.4 is 5.32 Å². The fourth-order valence-electron chi connectivity index (χ4n) is 1.68. The van der Waals surface area contributed by atoms with Crippen LogP contribution in [0.5, 0.6) is 0 Å². The number of nitrogens with zero attached hydrogens (tertiary/aromatic N) is 1. The van der Waals surface area contributed by atoms with Gasteiger partial charge in [0.15, 0.2) is 0 Å². The van der Waals surface area contributed by atoms with Crippen LogP contribution in [0.3, 0.4) is 0 Å². The molecular weight excluding hydrogens is 304 g/mol. The SMILES string of the molecule is CCC(C)NC(=O)c1cccnc1Sc1ccccc1Cl. The summed E-state index contributed by atoms with van der Waals surface area (Å²) in [7, 11) is 0. The standard InChI is InChI=1S/C16H17ClN2OS/c1-3-11(2)19-15(20)12-7-6-10-18-16(12)21-14-9-5-4-8-13(14)17/h4-11H,3H2,1-2H3,(H,19,20). The zero-order valence-electron chi connectivity index (χ0n) is 12.0. The second kappa shape index (κ2) is 7.48. The molecule has 0 aliphatic rings. The summed E-state index contributed by atoms with van der Waals surface area (Å²) in [5.41, 5.74) is 0.572. The average molecular weight is 321 g/mol. The molecule has 0 aliphatic carbocycles. The van der Waals surface area contributed by atoms with Crippen LogP contribution in [0.2, 0.25) is 5.02 Å². The molecule has 0 spiro atoms. The summed E-state index contributed by atoms with van der Waals surface area (Å²) < 4.78 is 0. The first-order valence-corrected chi connectivity index (χ1v) is 7.99. The number of halogens is 1.